The van der Waals surface area contributed by atoms with E-state index in [2.05, 4.69) is 24.1 Å². The lowest BCUT2D eigenvalue weighted by Crippen LogP contribution is -1.96. The Balaban J connectivity index is 3.12. The van der Waals surface area contributed by atoms with E-state index >= 15 is 0 Å². The number of hydrogen-bond donors (Lipinski definition) is 1. The van der Waals surface area contributed by atoms with Gasteiger partial charge in [0.1, 0.15) is 5.76 Å². The number of nitrogens with zero attached hydrogens (tertiary/aromatic N) is 2. The third kappa shape index (κ3) is 3.52. The highest BCUT2D eigenvalue weighted by molar-refractivity contribution is 5.93. The SMILES string of the molecule is CC(=O)C(N=Nc1ccccc1C(C)C)=C(C)O. The zero-order valence-electron chi connectivity index (χ0n) is 11.1. The first-order valence-corrected chi connectivity index (χ1v) is 5.85. The first-order valence-electron chi connectivity index (χ1n) is 5.85. The number of aliphatic hydroxyl groups is 1. The summed E-state index contributed by atoms with van der Waals surface area (Å²) in [7, 11) is 0. The van der Waals surface area contributed by atoms with Gasteiger partial charge in [-0.3, -0.25) is 4.79 Å². The predicted molar refractivity (Wildman–Crippen MR) is 71.1 cm³/mol. The molecule has 0 bridgehead atoms. The van der Waals surface area contributed by atoms with Crippen molar-refractivity contribution in [2.24, 2.45) is 10.2 Å². The highest BCUT2D eigenvalue weighted by Crippen LogP contribution is 2.27. The van der Waals surface area contributed by atoms with Gasteiger partial charge in [0, 0.05) is 6.92 Å². The molecule has 1 rings (SSSR count). The Hall–Kier alpha value is -1.97. The molecule has 1 aromatic carbocycles. The monoisotopic (exact) mass is 246 g/mol. The van der Waals surface area contributed by atoms with Crippen LogP contribution in [-0.2, 0) is 4.79 Å². The Bertz CT molecular complexity index is 498. The molecule has 1 N–H and O–H groups in total. The number of carbonyl (C=O) groups excluding carboxylic acids is 1. The molecule has 96 valence electrons. The van der Waals surface area contributed by atoms with Gasteiger partial charge >= 0.3 is 0 Å². The molecule has 0 saturated heterocycles. The standard InChI is InChI=1S/C14H18N2O2/c1-9(2)12-7-5-6-8-13(12)15-16-14(10(3)17)11(4)18/h5-9,17H,1-4H3. The van der Waals surface area contributed by atoms with Gasteiger partial charge in [0.2, 0.25) is 0 Å². The second-order valence-electron chi connectivity index (χ2n) is 4.40. The molecule has 1 aromatic rings. The molecule has 0 aliphatic carbocycles. The van der Waals surface area contributed by atoms with Crippen molar-refractivity contribution in [2.75, 3.05) is 0 Å². The fourth-order valence-corrected chi connectivity index (χ4v) is 1.57. The van der Waals surface area contributed by atoms with E-state index < -0.39 is 0 Å². The van der Waals surface area contributed by atoms with Crippen LogP contribution in [0.4, 0.5) is 5.69 Å². The van der Waals surface area contributed by atoms with Gasteiger partial charge in [0.05, 0.1) is 5.69 Å². The maximum absolute atomic E-state index is 11.3. The van der Waals surface area contributed by atoms with Gasteiger partial charge in [-0.25, -0.2) is 0 Å². The van der Waals surface area contributed by atoms with Crippen LogP contribution in [0.2, 0.25) is 0 Å². The topological polar surface area (TPSA) is 62.0 Å². The summed E-state index contributed by atoms with van der Waals surface area (Å²) in [5.41, 5.74) is 1.76. The van der Waals surface area contributed by atoms with Crippen LogP contribution < -0.4 is 0 Å². The van der Waals surface area contributed by atoms with Crippen molar-refractivity contribution in [3.8, 4) is 0 Å². The normalized spacial score (nSPS) is 12.9. The molecule has 0 aliphatic heterocycles. The highest BCUT2D eigenvalue weighted by atomic mass is 16.3. The number of allylic oxidation sites excluding steroid dienone is 2. The largest absolute Gasteiger partial charge is 0.510 e. The van der Waals surface area contributed by atoms with Gasteiger partial charge in [-0.15, -0.1) is 5.11 Å². The molecule has 0 unspecified atom stereocenters. The first kappa shape index (κ1) is 14.1. The number of ketones is 1. The zero-order valence-corrected chi connectivity index (χ0v) is 11.1. The van der Waals surface area contributed by atoms with Crippen molar-refractivity contribution in [1.29, 1.82) is 0 Å². The van der Waals surface area contributed by atoms with E-state index in [0.717, 1.165) is 5.56 Å². The van der Waals surface area contributed by atoms with E-state index in [4.69, 9.17) is 0 Å². The van der Waals surface area contributed by atoms with Crippen molar-refractivity contribution in [2.45, 2.75) is 33.6 Å². The Morgan fingerprint density at radius 1 is 1.22 bits per heavy atom. The van der Waals surface area contributed by atoms with Crippen LogP contribution in [0.3, 0.4) is 0 Å². The number of Topliss-reactive ketones (excluding diaryl/α,β-unsaturated/α-hetero) is 1. The maximum atomic E-state index is 11.3. The Kier molecular flexibility index (Phi) is 4.77. The van der Waals surface area contributed by atoms with Crippen molar-refractivity contribution < 1.29 is 9.90 Å². The maximum Gasteiger partial charge on any atom is 0.183 e. The molecular formula is C14H18N2O2. The summed E-state index contributed by atoms with van der Waals surface area (Å²) in [5.74, 6) is -0.103. The summed E-state index contributed by atoms with van der Waals surface area (Å²) in [5, 5.41) is 17.2. The van der Waals surface area contributed by atoms with Gasteiger partial charge in [-0.1, -0.05) is 32.0 Å². The Morgan fingerprint density at radius 2 is 1.83 bits per heavy atom. The number of aliphatic hydroxyl groups excluding tert-OH is 1. The van der Waals surface area contributed by atoms with Crippen LogP contribution in [0.25, 0.3) is 0 Å². The second-order valence-corrected chi connectivity index (χ2v) is 4.40. The average Bonchev–Trinajstić information content (AvgIpc) is 2.28. The fraction of sp³-hybridized carbons (Fsp3) is 0.357. The van der Waals surface area contributed by atoms with Crippen LogP contribution in [-0.4, -0.2) is 10.9 Å². The molecule has 0 atom stereocenters. The number of rotatable bonds is 4. The average molecular weight is 246 g/mol. The molecular weight excluding hydrogens is 228 g/mol. The molecule has 0 radical (unpaired) electrons. The molecule has 0 heterocycles. The summed E-state index contributed by atoms with van der Waals surface area (Å²) in [6, 6.07) is 7.61. The summed E-state index contributed by atoms with van der Waals surface area (Å²) in [6.45, 7) is 6.90. The molecule has 0 aromatic heterocycles. The quantitative estimate of drug-likeness (QED) is 0.490. The Morgan fingerprint density at radius 3 is 2.33 bits per heavy atom. The van der Waals surface area contributed by atoms with Gasteiger partial charge < -0.3 is 5.11 Å². The highest BCUT2D eigenvalue weighted by Gasteiger charge is 2.08. The van der Waals surface area contributed by atoms with Crippen LogP contribution in [0.15, 0.2) is 46.0 Å². The number of hydrogen-bond acceptors (Lipinski definition) is 4. The molecule has 0 aliphatic rings. The second kappa shape index (κ2) is 6.10. The van der Waals surface area contributed by atoms with E-state index in [0.29, 0.717) is 11.6 Å². The van der Waals surface area contributed by atoms with Crippen molar-refractivity contribution in [3.05, 3.63) is 41.3 Å². The third-order valence-electron chi connectivity index (χ3n) is 2.49. The molecule has 0 spiro atoms. The minimum Gasteiger partial charge on any atom is -0.510 e. The lowest BCUT2D eigenvalue weighted by molar-refractivity contribution is -0.113. The summed E-state index contributed by atoms with van der Waals surface area (Å²) < 4.78 is 0. The van der Waals surface area contributed by atoms with Crippen molar-refractivity contribution >= 4 is 11.5 Å². The summed E-state index contributed by atoms with van der Waals surface area (Å²) in [4.78, 5) is 11.3. The van der Waals surface area contributed by atoms with E-state index in [1.165, 1.54) is 13.8 Å². The van der Waals surface area contributed by atoms with Crippen molar-refractivity contribution in [1.82, 2.24) is 0 Å². The van der Waals surface area contributed by atoms with Gasteiger partial charge in [0.15, 0.2) is 11.5 Å². The van der Waals surface area contributed by atoms with E-state index in [-0.39, 0.29) is 17.2 Å². The van der Waals surface area contributed by atoms with E-state index in [1.54, 1.807) is 0 Å². The fourth-order valence-electron chi connectivity index (χ4n) is 1.57. The molecule has 4 nitrogen and oxygen atoms in total. The molecule has 18 heavy (non-hydrogen) atoms. The third-order valence-corrected chi connectivity index (χ3v) is 2.49. The van der Waals surface area contributed by atoms with E-state index in [9.17, 15) is 9.90 Å². The Labute approximate surface area is 107 Å². The molecule has 0 saturated carbocycles. The van der Waals surface area contributed by atoms with Crippen LogP contribution >= 0.6 is 0 Å². The van der Waals surface area contributed by atoms with Gasteiger partial charge in [-0.2, -0.15) is 5.11 Å². The molecule has 0 amide bonds. The molecule has 4 heteroatoms. The minimum atomic E-state index is -0.305. The van der Waals surface area contributed by atoms with E-state index in [1.807, 2.05) is 24.3 Å². The number of azo groups is 1. The molecule has 0 fully saturated rings. The zero-order chi connectivity index (χ0) is 13.7. The smallest absolute Gasteiger partial charge is 0.183 e. The van der Waals surface area contributed by atoms with Gasteiger partial charge in [-0.05, 0) is 24.5 Å². The lowest BCUT2D eigenvalue weighted by atomic mass is 10.0. The number of carbonyl (C=O) groups is 1. The summed E-state index contributed by atoms with van der Waals surface area (Å²) in [6.07, 6.45) is 0. The van der Waals surface area contributed by atoms with Crippen LogP contribution in [0.5, 0.6) is 0 Å². The minimum absolute atomic E-state index is 0.00596. The van der Waals surface area contributed by atoms with Crippen LogP contribution in [0.1, 0.15) is 39.2 Å². The van der Waals surface area contributed by atoms with Gasteiger partial charge in [0.25, 0.3) is 0 Å². The first-order chi connectivity index (χ1) is 8.43. The van der Waals surface area contributed by atoms with Crippen LogP contribution in [0, 0.1) is 0 Å². The lowest BCUT2D eigenvalue weighted by Gasteiger charge is -2.07. The predicted octanol–water partition coefficient (Wildman–Crippen LogP) is 4.27. The summed E-state index contributed by atoms with van der Waals surface area (Å²) >= 11 is 0. The van der Waals surface area contributed by atoms with Crippen molar-refractivity contribution in [3.63, 3.8) is 0 Å². The number of benzene rings is 1.